The van der Waals surface area contributed by atoms with E-state index in [9.17, 15) is 4.79 Å². The smallest absolute Gasteiger partial charge is 0.305 e. The van der Waals surface area contributed by atoms with Crippen molar-refractivity contribution in [2.75, 3.05) is 33.9 Å². The Morgan fingerprint density at radius 3 is 2.48 bits per heavy atom. The van der Waals surface area contributed by atoms with Crippen LogP contribution >= 0.6 is 0 Å². The van der Waals surface area contributed by atoms with Crippen molar-refractivity contribution in [3.8, 4) is 5.75 Å². The number of guanidine groups is 1. The molecule has 6 heteroatoms. The molecule has 2 N–H and O–H groups in total. The SMILES string of the molecule is CCOC(=O)CCCNC(=NC)NCCC(C)c1ccc(OC)cc1. The van der Waals surface area contributed by atoms with E-state index in [4.69, 9.17) is 9.47 Å². The van der Waals surface area contributed by atoms with E-state index in [1.54, 1.807) is 14.2 Å². The molecule has 0 heterocycles. The van der Waals surface area contributed by atoms with Crippen LogP contribution in [-0.4, -0.2) is 45.8 Å². The highest BCUT2D eigenvalue weighted by molar-refractivity contribution is 5.79. The van der Waals surface area contributed by atoms with Crippen LogP contribution in [0.1, 0.15) is 44.6 Å². The molecule has 0 spiro atoms. The predicted octanol–water partition coefficient (Wildman–Crippen LogP) is 2.70. The normalized spacial score (nSPS) is 12.4. The molecule has 0 amide bonds. The molecule has 25 heavy (non-hydrogen) atoms. The number of ether oxygens (including phenoxy) is 2. The Balaban J connectivity index is 2.24. The molecule has 0 saturated carbocycles. The number of hydrogen-bond acceptors (Lipinski definition) is 4. The average molecular weight is 349 g/mol. The summed E-state index contributed by atoms with van der Waals surface area (Å²) in [4.78, 5) is 15.5. The number of rotatable bonds is 10. The summed E-state index contributed by atoms with van der Waals surface area (Å²) < 4.78 is 10.1. The van der Waals surface area contributed by atoms with E-state index in [0.717, 1.165) is 31.1 Å². The van der Waals surface area contributed by atoms with Crippen molar-refractivity contribution in [3.63, 3.8) is 0 Å². The molecule has 0 aliphatic carbocycles. The zero-order chi connectivity index (χ0) is 18.5. The quantitative estimate of drug-likeness (QED) is 0.294. The van der Waals surface area contributed by atoms with Crippen LogP contribution in [0.5, 0.6) is 5.75 Å². The molecule has 0 aliphatic heterocycles. The van der Waals surface area contributed by atoms with Crippen LogP contribution in [0.2, 0.25) is 0 Å². The Bertz CT molecular complexity index is 529. The molecule has 1 aromatic carbocycles. The molecule has 1 unspecified atom stereocenters. The number of esters is 1. The molecule has 1 rings (SSSR count). The first-order valence-corrected chi connectivity index (χ1v) is 8.84. The highest BCUT2D eigenvalue weighted by atomic mass is 16.5. The third-order valence-corrected chi connectivity index (χ3v) is 3.93. The van der Waals surface area contributed by atoms with Crippen LogP contribution < -0.4 is 15.4 Å². The summed E-state index contributed by atoms with van der Waals surface area (Å²) >= 11 is 0. The maximum absolute atomic E-state index is 11.3. The van der Waals surface area contributed by atoms with Gasteiger partial charge in [0.25, 0.3) is 0 Å². The zero-order valence-corrected chi connectivity index (χ0v) is 15.8. The van der Waals surface area contributed by atoms with Gasteiger partial charge < -0.3 is 20.1 Å². The van der Waals surface area contributed by atoms with Gasteiger partial charge in [-0.25, -0.2) is 0 Å². The fourth-order valence-corrected chi connectivity index (χ4v) is 2.40. The van der Waals surface area contributed by atoms with Crippen LogP contribution in [0.4, 0.5) is 0 Å². The lowest BCUT2D eigenvalue weighted by Gasteiger charge is -2.15. The van der Waals surface area contributed by atoms with Crippen molar-refractivity contribution < 1.29 is 14.3 Å². The molecule has 1 aromatic rings. The van der Waals surface area contributed by atoms with Gasteiger partial charge in [0.1, 0.15) is 5.75 Å². The molecule has 0 radical (unpaired) electrons. The van der Waals surface area contributed by atoms with Crippen LogP contribution in [0.3, 0.4) is 0 Å². The highest BCUT2D eigenvalue weighted by Crippen LogP contribution is 2.21. The Morgan fingerprint density at radius 1 is 1.20 bits per heavy atom. The van der Waals surface area contributed by atoms with E-state index in [-0.39, 0.29) is 5.97 Å². The second-order valence-electron chi connectivity index (χ2n) is 5.80. The third-order valence-electron chi connectivity index (χ3n) is 3.93. The van der Waals surface area contributed by atoms with Gasteiger partial charge in [0, 0.05) is 26.6 Å². The fourth-order valence-electron chi connectivity index (χ4n) is 2.40. The van der Waals surface area contributed by atoms with E-state index in [1.807, 2.05) is 19.1 Å². The van der Waals surface area contributed by atoms with Gasteiger partial charge in [0.05, 0.1) is 13.7 Å². The number of nitrogens with zero attached hydrogens (tertiary/aromatic N) is 1. The second-order valence-corrected chi connectivity index (χ2v) is 5.80. The standard InChI is InChI=1S/C19H31N3O3/c1-5-25-18(23)7-6-13-21-19(20-3)22-14-12-15(2)16-8-10-17(24-4)11-9-16/h8-11,15H,5-7,12-14H2,1-4H3,(H2,20,21,22). The number of hydrogen-bond donors (Lipinski definition) is 2. The van der Waals surface area contributed by atoms with E-state index in [1.165, 1.54) is 5.56 Å². The van der Waals surface area contributed by atoms with Crippen LogP contribution in [0.25, 0.3) is 0 Å². The molecule has 1 atom stereocenters. The van der Waals surface area contributed by atoms with E-state index >= 15 is 0 Å². The minimum Gasteiger partial charge on any atom is -0.497 e. The first-order chi connectivity index (χ1) is 12.1. The minimum atomic E-state index is -0.152. The topological polar surface area (TPSA) is 72.0 Å². The van der Waals surface area contributed by atoms with Gasteiger partial charge in [-0.3, -0.25) is 9.79 Å². The molecule has 0 bridgehead atoms. The van der Waals surface area contributed by atoms with Crippen molar-refractivity contribution in [2.45, 2.75) is 39.0 Å². The first-order valence-electron chi connectivity index (χ1n) is 8.84. The maximum atomic E-state index is 11.3. The molecular formula is C19H31N3O3. The summed E-state index contributed by atoms with van der Waals surface area (Å²) in [5, 5.41) is 6.51. The Hall–Kier alpha value is -2.24. The van der Waals surface area contributed by atoms with Gasteiger partial charge in [-0.1, -0.05) is 19.1 Å². The van der Waals surface area contributed by atoms with Gasteiger partial charge in [-0.15, -0.1) is 0 Å². The summed E-state index contributed by atoms with van der Waals surface area (Å²) in [6.45, 7) is 5.97. The fraction of sp³-hybridized carbons (Fsp3) is 0.579. The van der Waals surface area contributed by atoms with Gasteiger partial charge in [-0.05, 0) is 43.4 Å². The summed E-state index contributed by atoms with van der Waals surface area (Å²) in [7, 11) is 3.42. The number of methoxy groups -OCH3 is 1. The van der Waals surface area contributed by atoms with Crippen molar-refractivity contribution in [3.05, 3.63) is 29.8 Å². The molecular weight excluding hydrogens is 318 g/mol. The Labute approximate surface area is 151 Å². The largest absolute Gasteiger partial charge is 0.497 e. The minimum absolute atomic E-state index is 0.152. The summed E-state index contributed by atoms with van der Waals surface area (Å²) in [5.74, 6) is 1.92. The van der Waals surface area contributed by atoms with Gasteiger partial charge in [0.2, 0.25) is 0 Å². The average Bonchev–Trinajstić information content (AvgIpc) is 2.63. The van der Waals surface area contributed by atoms with Crippen molar-refractivity contribution in [2.24, 2.45) is 4.99 Å². The summed E-state index contributed by atoms with van der Waals surface area (Å²) in [6, 6.07) is 8.19. The van der Waals surface area contributed by atoms with Crippen LogP contribution in [0.15, 0.2) is 29.3 Å². The Morgan fingerprint density at radius 2 is 1.88 bits per heavy atom. The number of carbonyl (C=O) groups is 1. The van der Waals surface area contributed by atoms with Gasteiger partial charge in [0.15, 0.2) is 5.96 Å². The Kier molecular flexibility index (Phi) is 10.1. The number of nitrogens with one attached hydrogen (secondary N) is 2. The molecule has 0 aromatic heterocycles. The van der Waals surface area contributed by atoms with Gasteiger partial charge >= 0.3 is 5.97 Å². The second kappa shape index (κ2) is 12.2. The van der Waals surface area contributed by atoms with Crippen molar-refractivity contribution in [1.82, 2.24) is 10.6 Å². The molecule has 6 nitrogen and oxygen atoms in total. The maximum Gasteiger partial charge on any atom is 0.305 e. The van der Waals surface area contributed by atoms with Gasteiger partial charge in [-0.2, -0.15) is 0 Å². The number of carbonyl (C=O) groups excluding carboxylic acids is 1. The van der Waals surface area contributed by atoms with E-state index in [0.29, 0.717) is 25.5 Å². The summed E-state index contributed by atoms with van der Waals surface area (Å²) in [5.41, 5.74) is 1.29. The predicted molar refractivity (Wildman–Crippen MR) is 101 cm³/mol. The lowest BCUT2D eigenvalue weighted by atomic mass is 9.98. The lowest BCUT2D eigenvalue weighted by Crippen LogP contribution is -2.38. The summed E-state index contributed by atoms with van der Waals surface area (Å²) in [6.07, 6.45) is 2.14. The lowest BCUT2D eigenvalue weighted by molar-refractivity contribution is -0.143. The third kappa shape index (κ3) is 8.42. The molecule has 140 valence electrons. The van der Waals surface area contributed by atoms with E-state index in [2.05, 4.69) is 34.7 Å². The van der Waals surface area contributed by atoms with E-state index < -0.39 is 0 Å². The molecule has 0 aliphatic rings. The monoisotopic (exact) mass is 349 g/mol. The first kappa shape index (κ1) is 20.8. The highest BCUT2D eigenvalue weighted by Gasteiger charge is 2.07. The molecule has 0 saturated heterocycles. The van der Waals surface area contributed by atoms with Crippen LogP contribution in [-0.2, 0) is 9.53 Å². The van der Waals surface area contributed by atoms with Crippen LogP contribution in [0, 0.1) is 0 Å². The zero-order valence-electron chi connectivity index (χ0n) is 15.8. The number of benzene rings is 1. The molecule has 0 fully saturated rings. The number of aliphatic imine (C=N–C) groups is 1. The van der Waals surface area contributed by atoms with Crippen molar-refractivity contribution in [1.29, 1.82) is 0 Å². The van der Waals surface area contributed by atoms with Crippen molar-refractivity contribution >= 4 is 11.9 Å².